The highest BCUT2D eigenvalue weighted by molar-refractivity contribution is 6.04. The number of amides is 1. The Morgan fingerprint density at radius 3 is 2.41 bits per heavy atom. The number of nitrogens with zero attached hydrogens (tertiary/aromatic N) is 1. The van der Waals surface area contributed by atoms with Gasteiger partial charge in [-0.05, 0) is 41.8 Å². The number of rotatable bonds is 4. The summed E-state index contributed by atoms with van der Waals surface area (Å²) in [6.45, 7) is 1.89. The number of hydrogen-bond acceptors (Lipinski definition) is 4. The van der Waals surface area contributed by atoms with Gasteiger partial charge in [0.25, 0.3) is 5.91 Å². The van der Waals surface area contributed by atoms with E-state index in [4.69, 9.17) is 5.73 Å². The van der Waals surface area contributed by atoms with Crippen LogP contribution >= 0.6 is 0 Å². The third-order valence-corrected chi connectivity index (χ3v) is 4.69. The summed E-state index contributed by atoms with van der Waals surface area (Å²) in [5, 5.41) is 12.1. The number of nitrogens with one attached hydrogen (secondary N) is 1. The van der Waals surface area contributed by atoms with Gasteiger partial charge in [-0.15, -0.1) is 0 Å². The Morgan fingerprint density at radius 2 is 1.81 bits per heavy atom. The predicted octanol–water partition coefficient (Wildman–Crippen LogP) is 3.21. The highest BCUT2D eigenvalue weighted by atomic mass is 16.4. The second-order valence-corrected chi connectivity index (χ2v) is 6.33. The summed E-state index contributed by atoms with van der Waals surface area (Å²) in [5.41, 5.74) is 10.1. The molecule has 6 heteroatoms. The lowest BCUT2D eigenvalue weighted by atomic mass is 9.94. The number of carbonyl (C=O) groups is 2. The molecule has 0 saturated heterocycles. The van der Waals surface area contributed by atoms with Gasteiger partial charge < -0.3 is 16.2 Å². The summed E-state index contributed by atoms with van der Waals surface area (Å²) in [5.74, 6) is -1.23. The SMILES string of the molecule is CCC1C(C(=O)O)=Cc2ccc(-c3ccc(C(=O)NC)cc3)cc2N=C1N. The van der Waals surface area contributed by atoms with Gasteiger partial charge in [-0.2, -0.15) is 0 Å². The van der Waals surface area contributed by atoms with Gasteiger partial charge in [0.15, 0.2) is 0 Å². The zero-order valence-corrected chi connectivity index (χ0v) is 15.2. The molecule has 1 aliphatic heterocycles. The first-order valence-electron chi connectivity index (χ1n) is 8.70. The van der Waals surface area contributed by atoms with E-state index in [1.165, 1.54) is 0 Å². The number of nitrogens with two attached hydrogens (primary N) is 1. The minimum atomic E-state index is -0.985. The second-order valence-electron chi connectivity index (χ2n) is 6.33. The van der Waals surface area contributed by atoms with Crippen molar-refractivity contribution in [2.24, 2.45) is 16.6 Å². The fourth-order valence-electron chi connectivity index (χ4n) is 3.18. The van der Waals surface area contributed by atoms with Crippen LogP contribution < -0.4 is 11.1 Å². The fraction of sp³-hybridized carbons (Fsp3) is 0.190. The summed E-state index contributed by atoms with van der Waals surface area (Å²) in [7, 11) is 1.59. The Balaban J connectivity index is 2.04. The molecule has 0 fully saturated rings. The maximum atomic E-state index is 11.7. The van der Waals surface area contributed by atoms with Crippen molar-refractivity contribution < 1.29 is 14.7 Å². The molecule has 0 radical (unpaired) electrons. The van der Waals surface area contributed by atoms with Crippen LogP contribution in [0.3, 0.4) is 0 Å². The average Bonchev–Trinajstić information content (AvgIpc) is 2.82. The van der Waals surface area contributed by atoms with E-state index in [9.17, 15) is 14.7 Å². The first-order chi connectivity index (χ1) is 12.9. The van der Waals surface area contributed by atoms with E-state index in [0.29, 0.717) is 23.5 Å². The molecule has 2 aromatic rings. The monoisotopic (exact) mass is 363 g/mol. The van der Waals surface area contributed by atoms with Crippen molar-refractivity contribution in [1.82, 2.24) is 5.32 Å². The Bertz CT molecular complexity index is 959. The van der Waals surface area contributed by atoms with Crippen molar-refractivity contribution in [1.29, 1.82) is 0 Å². The molecule has 0 spiro atoms. The molecule has 1 heterocycles. The van der Waals surface area contributed by atoms with Gasteiger partial charge in [-0.1, -0.05) is 31.2 Å². The molecule has 0 aromatic heterocycles. The van der Waals surface area contributed by atoms with E-state index in [0.717, 1.165) is 16.7 Å². The number of carboxylic acid groups (broad SMARTS) is 1. The van der Waals surface area contributed by atoms with Crippen LogP contribution in [-0.2, 0) is 4.79 Å². The van der Waals surface area contributed by atoms with Gasteiger partial charge in [-0.3, -0.25) is 4.79 Å². The molecule has 4 N–H and O–H groups in total. The van der Waals surface area contributed by atoms with Crippen molar-refractivity contribution in [2.45, 2.75) is 13.3 Å². The molecule has 1 amide bonds. The van der Waals surface area contributed by atoms with Crippen molar-refractivity contribution in [3.8, 4) is 11.1 Å². The highest BCUT2D eigenvalue weighted by Gasteiger charge is 2.25. The number of aliphatic imine (C=N–C) groups is 1. The summed E-state index contributed by atoms with van der Waals surface area (Å²) >= 11 is 0. The van der Waals surface area contributed by atoms with Crippen LogP contribution in [0.1, 0.15) is 29.3 Å². The van der Waals surface area contributed by atoms with Crippen LogP contribution in [0.5, 0.6) is 0 Å². The molecule has 0 saturated carbocycles. The molecular weight excluding hydrogens is 342 g/mol. The van der Waals surface area contributed by atoms with E-state index >= 15 is 0 Å². The van der Waals surface area contributed by atoms with Crippen LogP contribution in [0.2, 0.25) is 0 Å². The van der Waals surface area contributed by atoms with Gasteiger partial charge in [0.2, 0.25) is 0 Å². The van der Waals surface area contributed by atoms with Crippen molar-refractivity contribution in [2.75, 3.05) is 7.05 Å². The van der Waals surface area contributed by atoms with Gasteiger partial charge >= 0.3 is 5.97 Å². The number of benzene rings is 2. The highest BCUT2D eigenvalue weighted by Crippen LogP contribution is 2.34. The largest absolute Gasteiger partial charge is 0.478 e. The van der Waals surface area contributed by atoms with Crippen LogP contribution in [-0.4, -0.2) is 29.9 Å². The zero-order chi connectivity index (χ0) is 19.6. The predicted molar refractivity (Wildman–Crippen MR) is 106 cm³/mol. The fourth-order valence-corrected chi connectivity index (χ4v) is 3.18. The Kier molecular flexibility index (Phi) is 5.07. The van der Waals surface area contributed by atoms with Crippen LogP contribution in [0, 0.1) is 5.92 Å². The molecule has 138 valence electrons. The molecule has 0 aliphatic carbocycles. The minimum Gasteiger partial charge on any atom is -0.478 e. The zero-order valence-electron chi connectivity index (χ0n) is 15.2. The standard InChI is InChI=1S/C21H21N3O3/c1-3-16-17(21(26)27)10-15-9-8-14(11-18(15)24-19(16)22)12-4-6-13(7-5-12)20(25)23-2/h4-11,16H,3H2,1-2H3,(H2,22,24)(H,23,25)(H,26,27). The molecule has 1 aliphatic rings. The topological polar surface area (TPSA) is 105 Å². The molecular formula is C21H21N3O3. The average molecular weight is 363 g/mol. The van der Waals surface area contributed by atoms with E-state index < -0.39 is 11.9 Å². The number of aliphatic carboxylic acids is 1. The maximum Gasteiger partial charge on any atom is 0.332 e. The number of carbonyl (C=O) groups excluding carboxylic acids is 1. The van der Waals surface area contributed by atoms with Crippen LogP contribution in [0.15, 0.2) is 53.0 Å². The molecule has 6 nitrogen and oxygen atoms in total. The number of carboxylic acids is 1. The van der Waals surface area contributed by atoms with E-state index in [1.807, 2.05) is 37.3 Å². The first-order valence-corrected chi connectivity index (χ1v) is 8.70. The Hall–Kier alpha value is -3.41. The number of amidine groups is 1. The molecule has 2 aromatic carbocycles. The second kappa shape index (κ2) is 7.45. The molecule has 27 heavy (non-hydrogen) atoms. The van der Waals surface area contributed by atoms with E-state index in [1.54, 1.807) is 25.3 Å². The number of hydrogen-bond donors (Lipinski definition) is 3. The van der Waals surface area contributed by atoms with Crippen LogP contribution in [0.25, 0.3) is 17.2 Å². The molecule has 0 bridgehead atoms. The quantitative estimate of drug-likeness (QED) is 0.776. The summed E-state index contributed by atoms with van der Waals surface area (Å²) in [4.78, 5) is 27.8. The summed E-state index contributed by atoms with van der Waals surface area (Å²) in [6, 6.07) is 12.9. The van der Waals surface area contributed by atoms with Gasteiger partial charge in [0.05, 0.1) is 5.69 Å². The van der Waals surface area contributed by atoms with Gasteiger partial charge in [0.1, 0.15) is 5.84 Å². The smallest absolute Gasteiger partial charge is 0.332 e. The molecule has 1 atom stereocenters. The van der Waals surface area contributed by atoms with Crippen LogP contribution in [0.4, 0.5) is 5.69 Å². The molecule has 1 unspecified atom stereocenters. The Labute approximate surface area is 157 Å². The van der Waals surface area contributed by atoms with Crippen molar-refractivity contribution in [3.05, 3.63) is 59.2 Å². The summed E-state index contributed by atoms with van der Waals surface area (Å²) in [6.07, 6.45) is 2.21. The normalized spacial score (nSPS) is 15.9. The molecule has 3 rings (SSSR count). The van der Waals surface area contributed by atoms with Gasteiger partial charge in [0, 0.05) is 29.7 Å². The van der Waals surface area contributed by atoms with Gasteiger partial charge in [-0.25, -0.2) is 9.79 Å². The van der Waals surface area contributed by atoms with E-state index in [-0.39, 0.29) is 11.5 Å². The lowest BCUT2D eigenvalue weighted by Crippen LogP contribution is -2.27. The number of fused-ring (bicyclic) bond motifs is 1. The lowest BCUT2D eigenvalue weighted by Gasteiger charge is -2.13. The van der Waals surface area contributed by atoms with E-state index in [2.05, 4.69) is 10.3 Å². The summed E-state index contributed by atoms with van der Waals surface area (Å²) < 4.78 is 0. The lowest BCUT2D eigenvalue weighted by molar-refractivity contribution is -0.132. The third-order valence-electron chi connectivity index (χ3n) is 4.69. The minimum absolute atomic E-state index is 0.141. The maximum absolute atomic E-state index is 11.7. The van der Waals surface area contributed by atoms with Crippen molar-refractivity contribution >= 4 is 29.5 Å². The Morgan fingerprint density at radius 1 is 1.15 bits per heavy atom. The first kappa shape index (κ1) is 18.4. The third kappa shape index (κ3) is 3.60. The van der Waals surface area contributed by atoms with Crippen molar-refractivity contribution in [3.63, 3.8) is 0 Å².